The number of methoxy groups -OCH3 is 1. The van der Waals surface area contributed by atoms with E-state index in [0.29, 0.717) is 23.6 Å². The molecule has 2 aromatic carbocycles. The third-order valence-corrected chi connectivity index (χ3v) is 6.75. The van der Waals surface area contributed by atoms with Crippen LogP contribution in [0.1, 0.15) is 36.9 Å². The number of carbonyl (C=O) groups is 2. The Morgan fingerprint density at radius 1 is 1.20 bits per heavy atom. The molecule has 30 heavy (non-hydrogen) atoms. The number of halogens is 1. The molecule has 0 fully saturated rings. The van der Waals surface area contributed by atoms with Crippen LogP contribution in [0.3, 0.4) is 0 Å². The third-order valence-electron chi connectivity index (χ3n) is 5.03. The Balaban J connectivity index is 1.91. The van der Waals surface area contributed by atoms with Gasteiger partial charge in [-0.2, -0.15) is 0 Å². The number of aryl methyl sites for hydroxylation is 1. The monoisotopic (exact) mass is 450 g/mol. The van der Waals surface area contributed by atoms with Crippen molar-refractivity contribution in [2.24, 2.45) is 0 Å². The molecule has 1 heterocycles. The Kier molecular flexibility index (Phi) is 6.80. The number of carbonyl (C=O) groups excluding carboxylic acids is 2. The Labute approximate surface area is 181 Å². The fraction of sp³-hybridized carbons (Fsp3) is 0.333. The van der Waals surface area contributed by atoms with Crippen LogP contribution in [0, 0.1) is 0 Å². The lowest BCUT2D eigenvalue weighted by molar-refractivity contribution is -0.141. The first-order chi connectivity index (χ1) is 14.2. The smallest absolute Gasteiger partial charge is 0.307 e. The zero-order valence-electron chi connectivity index (χ0n) is 16.7. The van der Waals surface area contributed by atoms with Crippen molar-refractivity contribution in [1.29, 1.82) is 0 Å². The zero-order valence-corrected chi connectivity index (χ0v) is 18.3. The predicted molar refractivity (Wildman–Crippen MR) is 114 cm³/mol. The van der Waals surface area contributed by atoms with E-state index in [0.717, 1.165) is 17.7 Å². The highest BCUT2D eigenvalue weighted by atomic mass is 35.5. The zero-order chi connectivity index (χ0) is 21.9. The van der Waals surface area contributed by atoms with E-state index in [-0.39, 0.29) is 17.2 Å². The molecule has 0 unspecified atom stereocenters. The van der Waals surface area contributed by atoms with Gasteiger partial charge in [0.2, 0.25) is 15.9 Å². The molecule has 0 aromatic heterocycles. The highest BCUT2D eigenvalue weighted by Crippen LogP contribution is 2.30. The molecule has 0 spiro atoms. The van der Waals surface area contributed by atoms with Gasteiger partial charge in [0, 0.05) is 24.2 Å². The highest BCUT2D eigenvalue weighted by Gasteiger charge is 2.27. The van der Waals surface area contributed by atoms with Crippen LogP contribution in [0.2, 0.25) is 5.02 Å². The molecule has 0 aliphatic carbocycles. The first-order valence-electron chi connectivity index (χ1n) is 9.47. The van der Waals surface area contributed by atoms with E-state index in [9.17, 15) is 18.0 Å². The summed E-state index contributed by atoms with van der Waals surface area (Å²) < 4.78 is 33.5. The van der Waals surface area contributed by atoms with Crippen molar-refractivity contribution in [3.8, 4) is 0 Å². The number of sulfonamides is 1. The van der Waals surface area contributed by atoms with E-state index in [2.05, 4.69) is 4.72 Å². The van der Waals surface area contributed by atoms with Gasteiger partial charge in [-0.15, -0.1) is 0 Å². The molecule has 3 rings (SSSR count). The van der Waals surface area contributed by atoms with E-state index >= 15 is 0 Å². The number of rotatable bonds is 6. The summed E-state index contributed by atoms with van der Waals surface area (Å²) in [6, 6.07) is 10.5. The van der Waals surface area contributed by atoms with Gasteiger partial charge in [0.15, 0.2) is 0 Å². The highest BCUT2D eigenvalue weighted by molar-refractivity contribution is 7.89. The second kappa shape index (κ2) is 9.16. The molecular weight excluding hydrogens is 428 g/mol. The van der Waals surface area contributed by atoms with E-state index < -0.39 is 22.0 Å². The molecule has 0 radical (unpaired) electrons. The molecule has 1 amide bonds. The van der Waals surface area contributed by atoms with Crippen LogP contribution >= 0.6 is 11.6 Å². The third kappa shape index (κ3) is 5.00. The lowest BCUT2D eigenvalue weighted by Crippen LogP contribution is -2.34. The minimum Gasteiger partial charge on any atom is -0.469 e. The van der Waals surface area contributed by atoms with E-state index in [1.54, 1.807) is 41.3 Å². The fourth-order valence-electron chi connectivity index (χ4n) is 3.50. The lowest BCUT2D eigenvalue weighted by atomic mass is 10.0. The van der Waals surface area contributed by atoms with Crippen molar-refractivity contribution in [1.82, 2.24) is 4.72 Å². The van der Waals surface area contributed by atoms with E-state index in [1.165, 1.54) is 20.1 Å². The van der Waals surface area contributed by atoms with Crippen LogP contribution in [0.5, 0.6) is 0 Å². The van der Waals surface area contributed by atoms with Crippen molar-refractivity contribution in [2.45, 2.75) is 37.1 Å². The van der Waals surface area contributed by atoms with Gasteiger partial charge >= 0.3 is 5.97 Å². The molecular formula is C21H23ClN2O5S. The Bertz CT molecular complexity index is 1050. The largest absolute Gasteiger partial charge is 0.469 e. The average Bonchev–Trinajstić information content (AvgIpc) is 2.72. The van der Waals surface area contributed by atoms with Crippen molar-refractivity contribution >= 4 is 39.2 Å². The van der Waals surface area contributed by atoms with Gasteiger partial charge in [0.05, 0.1) is 24.5 Å². The van der Waals surface area contributed by atoms with Gasteiger partial charge in [-0.1, -0.05) is 23.7 Å². The van der Waals surface area contributed by atoms with Gasteiger partial charge in [0.1, 0.15) is 0 Å². The molecule has 1 N–H and O–H groups in total. The van der Waals surface area contributed by atoms with Crippen LogP contribution in [-0.4, -0.2) is 33.9 Å². The van der Waals surface area contributed by atoms with Gasteiger partial charge < -0.3 is 9.64 Å². The number of fused-ring (bicyclic) bond motifs is 1. The van der Waals surface area contributed by atoms with Crippen LogP contribution in [0.4, 0.5) is 5.69 Å². The average molecular weight is 451 g/mol. The van der Waals surface area contributed by atoms with Crippen molar-refractivity contribution in [2.75, 3.05) is 18.6 Å². The standard InChI is InChI=1S/C21H23ClN2O5S/c1-14(25)24-11-3-4-16-12-18(9-10-20(16)24)30(27,28)23-19(13-21(26)29-2)15-5-7-17(22)8-6-15/h5-10,12,19,23H,3-4,11,13H2,1-2H3/t19-/m0/s1. The fourth-order valence-corrected chi connectivity index (χ4v) is 4.90. The summed E-state index contributed by atoms with van der Waals surface area (Å²) in [6.07, 6.45) is 1.28. The number of amides is 1. The summed E-state index contributed by atoms with van der Waals surface area (Å²) in [7, 11) is -2.69. The molecule has 2 aromatic rings. The molecule has 1 aliphatic heterocycles. The Hall–Kier alpha value is -2.42. The molecule has 9 heteroatoms. The summed E-state index contributed by atoms with van der Waals surface area (Å²) in [6.45, 7) is 2.11. The summed E-state index contributed by atoms with van der Waals surface area (Å²) in [5.41, 5.74) is 2.13. The molecule has 0 saturated carbocycles. The van der Waals surface area contributed by atoms with E-state index in [4.69, 9.17) is 16.3 Å². The Morgan fingerprint density at radius 3 is 2.53 bits per heavy atom. The van der Waals surface area contributed by atoms with Crippen LogP contribution in [-0.2, 0) is 30.8 Å². The maximum absolute atomic E-state index is 13.1. The molecule has 1 atom stereocenters. The first kappa shape index (κ1) is 22.3. The molecule has 7 nitrogen and oxygen atoms in total. The topological polar surface area (TPSA) is 92.8 Å². The number of esters is 1. The minimum atomic E-state index is -3.94. The van der Waals surface area contributed by atoms with Gasteiger partial charge in [-0.25, -0.2) is 13.1 Å². The predicted octanol–water partition coefficient (Wildman–Crippen LogP) is 3.22. The Morgan fingerprint density at radius 2 is 1.90 bits per heavy atom. The first-order valence-corrected chi connectivity index (χ1v) is 11.3. The number of anilines is 1. The van der Waals surface area contributed by atoms with Crippen LogP contribution in [0.15, 0.2) is 47.4 Å². The minimum absolute atomic E-state index is 0.0782. The second-order valence-corrected chi connectivity index (χ2v) is 9.22. The van der Waals surface area contributed by atoms with Crippen molar-refractivity contribution < 1.29 is 22.7 Å². The number of ether oxygens (including phenoxy) is 1. The maximum atomic E-state index is 13.1. The lowest BCUT2D eigenvalue weighted by Gasteiger charge is -2.29. The quantitative estimate of drug-likeness (QED) is 0.682. The maximum Gasteiger partial charge on any atom is 0.307 e. The second-order valence-electron chi connectivity index (χ2n) is 7.07. The van der Waals surface area contributed by atoms with Gasteiger partial charge in [0.25, 0.3) is 0 Å². The summed E-state index contributed by atoms with van der Waals surface area (Å²) in [4.78, 5) is 25.4. The molecule has 160 valence electrons. The normalized spacial score (nSPS) is 14.7. The number of nitrogens with zero attached hydrogens (tertiary/aromatic N) is 1. The number of hydrogen-bond acceptors (Lipinski definition) is 5. The molecule has 1 aliphatic rings. The summed E-state index contributed by atoms with van der Waals surface area (Å²) in [5, 5.41) is 0.503. The number of nitrogens with one attached hydrogen (secondary N) is 1. The van der Waals surface area contributed by atoms with E-state index in [1.807, 2.05) is 0 Å². The van der Waals surface area contributed by atoms with Gasteiger partial charge in [-0.3, -0.25) is 9.59 Å². The number of hydrogen-bond donors (Lipinski definition) is 1. The summed E-state index contributed by atoms with van der Waals surface area (Å²) >= 11 is 5.92. The molecule has 0 bridgehead atoms. The summed E-state index contributed by atoms with van der Waals surface area (Å²) in [5.74, 6) is -0.620. The van der Waals surface area contributed by atoms with Crippen molar-refractivity contribution in [3.63, 3.8) is 0 Å². The van der Waals surface area contributed by atoms with Crippen LogP contribution in [0.25, 0.3) is 0 Å². The van der Waals surface area contributed by atoms with Gasteiger partial charge in [-0.05, 0) is 54.3 Å². The van der Waals surface area contributed by atoms with Crippen LogP contribution < -0.4 is 9.62 Å². The SMILES string of the molecule is COC(=O)C[C@H](NS(=O)(=O)c1ccc2c(c1)CCCN2C(C)=O)c1ccc(Cl)cc1. The van der Waals surface area contributed by atoms with Crippen molar-refractivity contribution in [3.05, 3.63) is 58.6 Å². The number of benzene rings is 2. The molecule has 0 saturated heterocycles.